The maximum absolute atomic E-state index is 13.4. The molecule has 0 saturated carbocycles. The zero-order valence-electron chi connectivity index (χ0n) is 25.3. The second kappa shape index (κ2) is 15.3. The van der Waals surface area contributed by atoms with E-state index in [1.807, 2.05) is 60.7 Å². The van der Waals surface area contributed by atoms with Crippen molar-refractivity contribution in [3.05, 3.63) is 182 Å². The first-order chi connectivity index (χ1) is 22.7. The lowest BCUT2D eigenvalue weighted by atomic mass is 10.1. The number of benzene rings is 6. The first kappa shape index (κ1) is 31.0. The number of rotatable bonds is 12. The van der Waals surface area contributed by atoms with Gasteiger partial charge in [0.1, 0.15) is 18.1 Å². The summed E-state index contributed by atoms with van der Waals surface area (Å²) in [5.41, 5.74) is 0.943. The van der Waals surface area contributed by atoms with Gasteiger partial charge in [-0.15, -0.1) is 0 Å². The number of esters is 1. The molecule has 0 aromatic heterocycles. The molecular weight excluding hydrogens is 605 g/mol. The Bertz CT molecular complexity index is 1820. The molecule has 0 radical (unpaired) electrons. The van der Waals surface area contributed by atoms with E-state index in [0.717, 1.165) is 26.0 Å². The summed E-state index contributed by atoms with van der Waals surface area (Å²) in [6.45, 7) is 4.19. The lowest BCUT2D eigenvalue weighted by Gasteiger charge is -2.13. The SMILES string of the molecule is C=CCOc1ccc([S+](c2ccccc2)c2ccccc2CC(=O)Oc2ccc([S+](c3ccccc3)c3ccccc3)cc2)cc1. The van der Waals surface area contributed by atoms with Gasteiger partial charge in [-0.25, -0.2) is 0 Å². The highest BCUT2D eigenvalue weighted by molar-refractivity contribution is 7.97. The third kappa shape index (κ3) is 7.63. The molecule has 3 nitrogen and oxygen atoms in total. The highest BCUT2D eigenvalue weighted by Gasteiger charge is 2.32. The lowest BCUT2D eigenvalue weighted by Crippen LogP contribution is -2.15. The van der Waals surface area contributed by atoms with Crippen molar-refractivity contribution in [2.75, 3.05) is 6.61 Å². The van der Waals surface area contributed by atoms with Crippen molar-refractivity contribution < 1.29 is 14.3 Å². The van der Waals surface area contributed by atoms with E-state index in [0.29, 0.717) is 12.4 Å². The number of ether oxygens (including phenoxy) is 2. The van der Waals surface area contributed by atoms with Crippen LogP contribution in [0.25, 0.3) is 0 Å². The zero-order valence-corrected chi connectivity index (χ0v) is 27.0. The van der Waals surface area contributed by atoms with E-state index in [4.69, 9.17) is 9.47 Å². The molecule has 6 rings (SSSR count). The third-order valence-corrected chi connectivity index (χ3v) is 11.7. The molecule has 0 fully saturated rings. The van der Waals surface area contributed by atoms with Crippen molar-refractivity contribution in [3.8, 4) is 11.5 Å². The van der Waals surface area contributed by atoms with Gasteiger partial charge >= 0.3 is 5.97 Å². The number of carbonyl (C=O) groups is 1. The van der Waals surface area contributed by atoms with E-state index in [2.05, 4.69) is 110 Å². The van der Waals surface area contributed by atoms with Gasteiger partial charge in [0, 0.05) is 5.56 Å². The van der Waals surface area contributed by atoms with E-state index in [1.54, 1.807) is 6.08 Å². The Morgan fingerprint density at radius 1 is 0.522 bits per heavy atom. The van der Waals surface area contributed by atoms with Crippen LogP contribution >= 0.6 is 0 Å². The van der Waals surface area contributed by atoms with Crippen molar-refractivity contribution in [1.82, 2.24) is 0 Å². The number of carbonyl (C=O) groups excluding carboxylic acids is 1. The minimum absolute atomic E-state index is 0.160. The molecule has 226 valence electrons. The second-order valence-corrected chi connectivity index (χ2v) is 14.4. The minimum atomic E-state index is -0.431. The molecule has 0 bridgehead atoms. The topological polar surface area (TPSA) is 35.5 Å². The summed E-state index contributed by atoms with van der Waals surface area (Å²) in [6, 6.07) is 55.7. The van der Waals surface area contributed by atoms with Gasteiger partial charge < -0.3 is 9.47 Å². The number of hydrogen-bond donors (Lipinski definition) is 0. The van der Waals surface area contributed by atoms with E-state index in [9.17, 15) is 4.79 Å². The summed E-state index contributed by atoms with van der Waals surface area (Å²) in [6.07, 6.45) is 1.89. The van der Waals surface area contributed by atoms with Gasteiger partial charge in [0.15, 0.2) is 29.4 Å². The molecule has 0 aliphatic carbocycles. The van der Waals surface area contributed by atoms with E-state index < -0.39 is 10.9 Å². The van der Waals surface area contributed by atoms with Crippen molar-refractivity contribution in [3.63, 3.8) is 0 Å². The number of hydrogen-bond acceptors (Lipinski definition) is 3. The molecule has 5 heteroatoms. The molecule has 0 heterocycles. The average molecular weight is 639 g/mol. The monoisotopic (exact) mass is 638 g/mol. The quantitative estimate of drug-likeness (QED) is 0.0580. The summed E-state index contributed by atoms with van der Waals surface area (Å²) in [4.78, 5) is 20.4. The van der Waals surface area contributed by atoms with Crippen LogP contribution in [-0.4, -0.2) is 12.6 Å². The Morgan fingerprint density at radius 2 is 0.957 bits per heavy atom. The Kier molecular flexibility index (Phi) is 10.4. The fourth-order valence-corrected chi connectivity index (χ4v) is 9.43. The van der Waals surface area contributed by atoms with Crippen LogP contribution in [0, 0.1) is 0 Å². The average Bonchev–Trinajstić information content (AvgIpc) is 3.11. The molecule has 6 aromatic rings. The summed E-state index contributed by atoms with van der Waals surface area (Å²) in [5, 5.41) is 0. The summed E-state index contributed by atoms with van der Waals surface area (Å²) < 4.78 is 11.6. The predicted octanol–water partition coefficient (Wildman–Crippen LogP) is 9.59. The largest absolute Gasteiger partial charge is 0.490 e. The summed E-state index contributed by atoms with van der Waals surface area (Å²) >= 11 is 0. The minimum Gasteiger partial charge on any atom is -0.490 e. The zero-order chi connectivity index (χ0) is 31.6. The van der Waals surface area contributed by atoms with Gasteiger partial charge in [-0.05, 0) is 91.0 Å². The molecule has 0 aliphatic rings. The van der Waals surface area contributed by atoms with Crippen LogP contribution in [0.3, 0.4) is 0 Å². The van der Waals surface area contributed by atoms with Gasteiger partial charge in [-0.3, -0.25) is 4.79 Å². The van der Waals surface area contributed by atoms with Gasteiger partial charge in [0.25, 0.3) is 0 Å². The van der Waals surface area contributed by atoms with Gasteiger partial charge in [0.05, 0.1) is 28.2 Å². The Labute approximate surface area is 276 Å². The van der Waals surface area contributed by atoms with Crippen molar-refractivity contribution in [2.24, 2.45) is 0 Å². The highest BCUT2D eigenvalue weighted by atomic mass is 32.2. The lowest BCUT2D eigenvalue weighted by molar-refractivity contribution is -0.133. The highest BCUT2D eigenvalue weighted by Crippen LogP contribution is 2.35. The maximum Gasteiger partial charge on any atom is 0.315 e. The second-order valence-electron chi connectivity index (χ2n) is 10.4. The fourth-order valence-electron chi connectivity index (χ4n) is 5.11. The summed E-state index contributed by atoms with van der Waals surface area (Å²) in [5.74, 6) is 1.03. The molecule has 6 aromatic carbocycles. The Morgan fingerprint density at radius 3 is 1.50 bits per heavy atom. The molecule has 0 aliphatic heterocycles. The van der Waals surface area contributed by atoms with Crippen LogP contribution in [-0.2, 0) is 33.0 Å². The van der Waals surface area contributed by atoms with Crippen LogP contribution in [0.5, 0.6) is 11.5 Å². The van der Waals surface area contributed by atoms with Crippen LogP contribution in [0.1, 0.15) is 5.56 Å². The van der Waals surface area contributed by atoms with Crippen LogP contribution < -0.4 is 9.47 Å². The van der Waals surface area contributed by atoms with Crippen molar-refractivity contribution in [1.29, 1.82) is 0 Å². The van der Waals surface area contributed by atoms with E-state index in [-0.39, 0.29) is 23.3 Å². The summed E-state index contributed by atoms with van der Waals surface area (Å²) in [7, 11) is -0.698. The third-order valence-electron chi connectivity index (χ3n) is 7.18. The normalized spacial score (nSPS) is 11.5. The van der Waals surface area contributed by atoms with Crippen LogP contribution in [0.4, 0.5) is 0 Å². The van der Waals surface area contributed by atoms with Crippen LogP contribution in [0.15, 0.2) is 206 Å². The molecule has 1 atom stereocenters. The first-order valence-electron chi connectivity index (χ1n) is 15.1. The molecule has 0 saturated heterocycles. The predicted molar refractivity (Wildman–Crippen MR) is 188 cm³/mol. The van der Waals surface area contributed by atoms with E-state index >= 15 is 0 Å². The smallest absolute Gasteiger partial charge is 0.315 e. The van der Waals surface area contributed by atoms with Crippen molar-refractivity contribution in [2.45, 2.75) is 35.8 Å². The van der Waals surface area contributed by atoms with E-state index in [1.165, 1.54) is 14.7 Å². The van der Waals surface area contributed by atoms with Gasteiger partial charge in [0.2, 0.25) is 0 Å². The first-order valence-corrected chi connectivity index (χ1v) is 17.5. The Hall–Kier alpha value is -4.97. The van der Waals surface area contributed by atoms with Crippen molar-refractivity contribution >= 4 is 27.8 Å². The van der Waals surface area contributed by atoms with Gasteiger partial charge in [-0.1, -0.05) is 85.5 Å². The molecule has 46 heavy (non-hydrogen) atoms. The standard InChI is InChI=1S/C41H34O3S2/c1-2-30-43-33-22-26-39(27-23-33)46(37-19-10-5-11-20-37)40-21-13-12-14-32(40)31-41(42)44-34-24-28-38(29-25-34)45(35-15-6-3-7-16-35)36-17-8-4-9-18-36/h2-29H,1,30-31H2/q+2. The molecule has 1 unspecified atom stereocenters. The molecule has 0 spiro atoms. The fraction of sp³-hybridized carbons (Fsp3) is 0.0488. The van der Waals surface area contributed by atoms with Crippen LogP contribution in [0.2, 0.25) is 0 Å². The molecule has 0 N–H and O–H groups in total. The van der Waals surface area contributed by atoms with Gasteiger partial charge in [-0.2, -0.15) is 0 Å². The Balaban J connectivity index is 1.23. The molecular formula is C41H34O3S2+2. The molecule has 0 amide bonds. The maximum atomic E-state index is 13.4.